The summed E-state index contributed by atoms with van der Waals surface area (Å²) in [6.45, 7) is 0. The van der Waals surface area contributed by atoms with Gasteiger partial charge in [0.25, 0.3) is 0 Å². The Balaban J connectivity index is 1.83. The van der Waals surface area contributed by atoms with Crippen LogP contribution in [0.1, 0.15) is 48.2 Å². The third-order valence-electron chi connectivity index (χ3n) is 4.56. The number of aromatic nitrogens is 1. The Bertz CT molecular complexity index is 709. The van der Waals surface area contributed by atoms with Crippen molar-refractivity contribution in [2.75, 3.05) is 14.1 Å². The van der Waals surface area contributed by atoms with Crippen molar-refractivity contribution in [3.63, 3.8) is 0 Å². The molecule has 0 N–H and O–H groups in total. The summed E-state index contributed by atoms with van der Waals surface area (Å²) in [4.78, 5) is 14.1. The van der Waals surface area contributed by atoms with E-state index in [1.807, 2.05) is 37.2 Å². The van der Waals surface area contributed by atoms with Gasteiger partial charge in [-0.15, -0.1) is 0 Å². The predicted molar refractivity (Wildman–Crippen MR) is 91.4 cm³/mol. The second-order valence-electron chi connectivity index (χ2n) is 6.69. The Morgan fingerprint density at radius 1 is 1.30 bits per heavy atom. The first-order chi connectivity index (χ1) is 11.1. The minimum absolute atomic E-state index is 0.00502. The van der Waals surface area contributed by atoms with Crippen LogP contribution in [0.15, 0.2) is 35.0 Å². The number of rotatable bonds is 5. The van der Waals surface area contributed by atoms with E-state index in [1.165, 1.54) is 32.1 Å². The first-order valence-corrected chi connectivity index (χ1v) is 8.41. The van der Waals surface area contributed by atoms with Gasteiger partial charge >= 0.3 is 0 Å². The van der Waals surface area contributed by atoms with Crippen LogP contribution in [0.25, 0.3) is 10.9 Å². The summed E-state index contributed by atoms with van der Waals surface area (Å²) in [5.74, 6) is 1.62. The fraction of sp³-hybridized carbons (Fsp3) is 0.474. The average Bonchev–Trinajstić information content (AvgIpc) is 2.96. The fourth-order valence-corrected chi connectivity index (χ4v) is 3.26. The zero-order valence-corrected chi connectivity index (χ0v) is 13.9. The number of hydrogen-bond acceptors (Lipinski definition) is 4. The molecule has 2 aromatic rings. The van der Waals surface area contributed by atoms with Gasteiger partial charge < -0.3 is 9.42 Å². The zero-order chi connectivity index (χ0) is 16.2. The van der Waals surface area contributed by atoms with E-state index >= 15 is 0 Å². The van der Waals surface area contributed by atoms with Crippen LogP contribution >= 0.6 is 0 Å². The summed E-state index contributed by atoms with van der Waals surface area (Å²) < 4.78 is 5.56. The molecule has 23 heavy (non-hydrogen) atoms. The van der Waals surface area contributed by atoms with E-state index in [4.69, 9.17) is 4.52 Å². The van der Waals surface area contributed by atoms with Gasteiger partial charge in [-0.05, 0) is 24.1 Å². The highest BCUT2D eigenvalue weighted by atomic mass is 16.5. The van der Waals surface area contributed by atoms with Crippen LogP contribution in [0.5, 0.6) is 0 Å². The van der Waals surface area contributed by atoms with E-state index in [2.05, 4.69) is 5.16 Å². The maximum Gasteiger partial charge on any atom is 0.187 e. The lowest BCUT2D eigenvalue weighted by Gasteiger charge is -2.20. The largest absolute Gasteiger partial charge is 0.383 e. The summed E-state index contributed by atoms with van der Waals surface area (Å²) in [6, 6.07) is 5.61. The normalized spacial score (nSPS) is 16.3. The summed E-state index contributed by atoms with van der Waals surface area (Å²) >= 11 is 0. The number of carbonyl (C=O) groups is 1. The van der Waals surface area contributed by atoms with Gasteiger partial charge in [-0.1, -0.05) is 37.3 Å². The van der Waals surface area contributed by atoms with Gasteiger partial charge in [-0.25, -0.2) is 0 Å². The third kappa shape index (κ3) is 3.81. The third-order valence-corrected chi connectivity index (χ3v) is 4.56. The van der Waals surface area contributed by atoms with Crippen molar-refractivity contribution in [1.29, 1.82) is 0 Å². The monoisotopic (exact) mass is 312 g/mol. The van der Waals surface area contributed by atoms with Gasteiger partial charge in [0.05, 0.1) is 0 Å². The summed E-state index contributed by atoms with van der Waals surface area (Å²) in [5, 5.41) is 5.13. The van der Waals surface area contributed by atoms with Crippen molar-refractivity contribution in [2.45, 2.75) is 38.5 Å². The number of hydrogen-bond donors (Lipinski definition) is 0. The molecule has 0 unspecified atom stereocenters. The maximum absolute atomic E-state index is 12.3. The molecule has 0 amide bonds. The second kappa shape index (κ2) is 6.99. The van der Waals surface area contributed by atoms with Crippen molar-refractivity contribution in [2.24, 2.45) is 5.92 Å². The molecule has 0 bridgehead atoms. The molecule has 122 valence electrons. The molecule has 0 aliphatic heterocycles. The number of carbonyl (C=O) groups excluding carboxylic acids is 1. The van der Waals surface area contributed by atoms with E-state index in [0.29, 0.717) is 11.5 Å². The van der Waals surface area contributed by atoms with E-state index in [9.17, 15) is 4.79 Å². The number of allylic oxidation sites excluding steroid dienone is 1. The molecule has 4 nitrogen and oxygen atoms in total. The van der Waals surface area contributed by atoms with Crippen molar-refractivity contribution >= 4 is 16.7 Å². The highest BCUT2D eigenvalue weighted by molar-refractivity contribution is 6.06. The summed E-state index contributed by atoms with van der Waals surface area (Å²) in [6.07, 6.45) is 10.8. The second-order valence-corrected chi connectivity index (χ2v) is 6.69. The average molecular weight is 312 g/mol. The molecule has 3 rings (SSSR count). The Labute approximate surface area is 137 Å². The highest BCUT2D eigenvalue weighted by Gasteiger charge is 2.18. The molecule has 1 aliphatic rings. The molecular formula is C19H24N2O2. The minimum Gasteiger partial charge on any atom is -0.383 e. The number of benzene rings is 1. The molecule has 0 atom stereocenters. The first kappa shape index (κ1) is 15.8. The molecule has 1 heterocycles. The van der Waals surface area contributed by atoms with Crippen LogP contribution in [-0.2, 0) is 6.42 Å². The topological polar surface area (TPSA) is 46.3 Å². The van der Waals surface area contributed by atoms with Crippen molar-refractivity contribution in [3.8, 4) is 0 Å². The molecule has 1 aromatic heterocycles. The van der Waals surface area contributed by atoms with Crippen molar-refractivity contribution in [1.82, 2.24) is 10.1 Å². The highest BCUT2D eigenvalue weighted by Crippen LogP contribution is 2.30. The maximum atomic E-state index is 12.3. The van der Waals surface area contributed by atoms with Gasteiger partial charge in [-0.2, -0.15) is 0 Å². The molecule has 1 fully saturated rings. The van der Waals surface area contributed by atoms with E-state index in [1.54, 1.807) is 12.3 Å². The number of ketones is 1. The first-order valence-electron chi connectivity index (χ1n) is 8.41. The molecule has 1 aromatic carbocycles. The van der Waals surface area contributed by atoms with Crippen molar-refractivity contribution < 1.29 is 9.32 Å². The van der Waals surface area contributed by atoms with Gasteiger partial charge in [0, 0.05) is 43.7 Å². The van der Waals surface area contributed by atoms with E-state index in [0.717, 1.165) is 23.1 Å². The molecule has 1 saturated carbocycles. The van der Waals surface area contributed by atoms with E-state index in [-0.39, 0.29) is 5.78 Å². The summed E-state index contributed by atoms with van der Waals surface area (Å²) in [7, 11) is 3.80. The van der Waals surface area contributed by atoms with Crippen LogP contribution in [-0.4, -0.2) is 29.9 Å². The Hall–Kier alpha value is -2.10. The lowest BCUT2D eigenvalue weighted by Crippen LogP contribution is -2.09. The van der Waals surface area contributed by atoms with Crippen LogP contribution in [0.4, 0.5) is 0 Å². The van der Waals surface area contributed by atoms with Crippen molar-refractivity contribution in [3.05, 3.63) is 41.8 Å². The lowest BCUT2D eigenvalue weighted by molar-refractivity contribution is 0.104. The number of nitrogens with zero attached hydrogens (tertiary/aromatic N) is 2. The van der Waals surface area contributed by atoms with Gasteiger partial charge in [0.2, 0.25) is 0 Å². The zero-order valence-electron chi connectivity index (χ0n) is 13.9. The smallest absolute Gasteiger partial charge is 0.187 e. The molecule has 1 aliphatic carbocycles. The van der Waals surface area contributed by atoms with Gasteiger partial charge in [0.1, 0.15) is 11.3 Å². The summed E-state index contributed by atoms with van der Waals surface area (Å²) in [5.41, 5.74) is 1.52. The van der Waals surface area contributed by atoms with Gasteiger partial charge in [0.15, 0.2) is 5.78 Å². The quantitative estimate of drug-likeness (QED) is 0.613. The van der Waals surface area contributed by atoms with Gasteiger partial charge in [-0.3, -0.25) is 4.79 Å². The van der Waals surface area contributed by atoms with Crippen LogP contribution < -0.4 is 0 Å². The van der Waals surface area contributed by atoms with Crippen LogP contribution in [0.2, 0.25) is 0 Å². The Kier molecular flexibility index (Phi) is 4.79. The lowest BCUT2D eigenvalue weighted by atomic mass is 9.86. The molecule has 0 saturated heterocycles. The standard InChI is InChI=1S/C19H24N2O2/c1-21(2)11-10-18(22)15-8-9-17-16(13-15)19(23-20-17)12-14-6-4-3-5-7-14/h8-11,13-14H,3-7,12H2,1-2H3/b11-10+. The molecule has 0 spiro atoms. The predicted octanol–water partition coefficient (Wildman–Crippen LogP) is 4.21. The fourth-order valence-electron chi connectivity index (χ4n) is 3.26. The van der Waals surface area contributed by atoms with Crippen LogP contribution in [0.3, 0.4) is 0 Å². The van der Waals surface area contributed by atoms with E-state index < -0.39 is 0 Å². The number of fused-ring (bicyclic) bond motifs is 1. The Morgan fingerprint density at radius 3 is 2.83 bits per heavy atom. The SMILES string of the molecule is CN(C)/C=C/C(=O)c1ccc2noc(CC3CCCCC3)c2c1. The van der Waals surface area contributed by atoms with Crippen LogP contribution in [0, 0.1) is 5.92 Å². The molecule has 0 radical (unpaired) electrons. The minimum atomic E-state index is 0.00502. The Morgan fingerprint density at radius 2 is 2.09 bits per heavy atom. The molecular weight excluding hydrogens is 288 g/mol. The molecule has 4 heteroatoms.